The molecule has 0 unspecified atom stereocenters. The average molecular weight is 430 g/mol. The number of sulfonamides is 1. The van der Waals surface area contributed by atoms with Crippen molar-refractivity contribution in [3.05, 3.63) is 88.5 Å². The third kappa shape index (κ3) is 4.65. The van der Waals surface area contributed by atoms with Gasteiger partial charge in [-0.1, -0.05) is 17.7 Å². The number of carbonyl (C=O) groups excluding carboxylic acids is 1. The minimum absolute atomic E-state index is 0.180. The highest BCUT2D eigenvalue weighted by atomic mass is 32.2. The van der Waals surface area contributed by atoms with Gasteiger partial charge >= 0.3 is 0 Å². The molecule has 156 valence electrons. The molecule has 0 fully saturated rings. The Bertz CT molecular complexity index is 1200. The van der Waals surface area contributed by atoms with Gasteiger partial charge in [-0.2, -0.15) is 0 Å². The lowest BCUT2D eigenvalue weighted by molar-refractivity contribution is 0.102. The Morgan fingerprint density at radius 3 is 2.00 bits per heavy atom. The van der Waals surface area contributed by atoms with Crippen molar-refractivity contribution >= 4 is 27.3 Å². The van der Waals surface area contributed by atoms with E-state index in [2.05, 4.69) is 10.0 Å². The summed E-state index contributed by atoms with van der Waals surface area (Å²) in [5.74, 6) is -2.73. The highest BCUT2D eigenvalue weighted by Gasteiger charge is 2.17. The van der Waals surface area contributed by atoms with Gasteiger partial charge in [0, 0.05) is 16.9 Å². The van der Waals surface area contributed by atoms with E-state index in [-0.39, 0.29) is 11.6 Å². The Kier molecular flexibility index (Phi) is 5.89. The van der Waals surface area contributed by atoms with Gasteiger partial charge in [0.05, 0.1) is 4.90 Å². The second kappa shape index (κ2) is 8.23. The molecule has 5 nitrogen and oxygen atoms in total. The van der Waals surface area contributed by atoms with Gasteiger partial charge in [0.1, 0.15) is 0 Å². The first-order valence-corrected chi connectivity index (χ1v) is 10.5. The Labute approximate surface area is 173 Å². The van der Waals surface area contributed by atoms with E-state index in [0.717, 1.165) is 34.5 Å². The summed E-state index contributed by atoms with van der Waals surface area (Å²) in [6.07, 6.45) is 0. The fraction of sp³-hybridized carbons (Fsp3) is 0.136. The van der Waals surface area contributed by atoms with Crippen molar-refractivity contribution in [2.24, 2.45) is 0 Å². The van der Waals surface area contributed by atoms with Crippen molar-refractivity contribution < 1.29 is 22.0 Å². The van der Waals surface area contributed by atoms with Crippen molar-refractivity contribution in [2.45, 2.75) is 25.7 Å². The van der Waals surface area contributed by atoms with Crippen LogP contribution in [0.3, 0.4) is 0 Å². The summed E-state index contributed by atoms with van der Waals surface area (Å²) in [7, 11) is -4.11. The van der Waals surface area contributed by atoms with Gasteiger partial charge in [-0.3, -0.25) is 9.52 Å². The Hall–Kier alpha value is -3.26. The van der Waals surface area contributed by atoms with Crippen LogP contribution < -0.4 is 10.0 Å². The maximum absolute atomic E-state index is 13.3. The van der Waals surface area contributed by atoms with E-state index in [4.69, 9.17) is 0 Å². The molecule has 0 aromatic heterocycles. The summed E-state index contributed by atoms with van der Waals surface area (Å²) in [6, 6.07) is 12.0. The summed E-state index contributed by atoms with van der Waals surface area (Å²) in [5, 5.41) is 2.87. The topological polar surface area (TPSA) is 75.3 Å². The van der Waals surface area contributed by atoms with Crippen LogP contribution in [0.15, 0.2) is 59.5 Å². The lowest BCUT2D eigenvalue weighted by Crippen LogP contribution is -2.15. The molecular formula is C22H20F2N2O3S. The minimum atomic E-state index is -4.11. The molecule has 0 heterocycles. The van der Waals surface area contributed by atoms with Crippen molar-refractivity contribution in [3.8, 4) is 0 Å². The normalized spacial score (nSPS) is 11.2. The second-order valence-corrected chi connectivity index (χ2v) is 8.67. The number of benzene rings is 3. The van der Waals surface area contributed by atoms with Crippen LogP contribution in [0.2, 0.25) is 0 Å². The van der Waals surface area contributed by atoms with Gasteiger partial charge in [0.25, 0.3) is 15.9 Å². The number of anilines is 2. The number of hydrogen-bond donors (Lipinski definition) is 2. The van der Waals surface area contributed by atoms with E-state index < -0.39 is 26.6 Å². The number of carbonyl (C=O) groups is 1. The number of halogens is 2. The fourth-order valence-corrected chi connectivity index (χ4v) is 4.18. The molecule has 0 saturated heterocycles. The monoisotopic (exact) mass is 430 g/mol. The van der Waals surface area contributed by atoms with Crippen LogP contribution in [0.1, 0.15) is 27.0 Å². The molecular weight excluding hydrogens is 410 g/mol. The SMILES string of the molecule is Cc1cc(C)c(NC(=O)c2ccc(NS(=O)(=O)c3ccc(F)c(F)c3)cc2)c(C)c1. The van der Waals surface area contributed by atoms with Crippen LogP contribution in [0, 0.1) is 32.4 Å². The quantitative estimate of drug-likeness (QED) is 0.602. The Balaban J connectivity index is 1.76. The summed E-state index contributed by atoms with van der Waals surface area (Å²) in [5.41, 5.74) is 4.23. The highest BCUT2D eigenvalue weighted by Crippen LogP contribution is 2.23. The van der Waals surface area contributed by atoms with Crippen LogP contribution >= 0.6 is 0 Å². The third-order valence-corrected chi connectivity index (χ3v) is 5.90. The summed E-state index contributed by atoms with van der Waals surface area (Å²) in [4.78, 5) is 12.2. The fourth-order valence-electron chi connectivity index (χ4n) is 3.11. The number of rotatable bonds is 5. The van der Waals surface area contributed by atoms with Crippen LogP contribution in [0.25, 0.3) is 0 Å². The third-order valence-electron chi connectivity index (χ3n) is 4.52. The summed E-state index contributed by atoms with van der Waals surface area (Å²) < 4.78 is 53.3. The molecule has 0 aliphatic carbocycles. The summed E-state index contributed by atoms with van der Waals surface area (Å²) >= 11 is 0. The zero-order valence-corrected chi connectivity index (χ0v) is 17.4. The molecule has 0 bridgehead atoms. The van der Waals surface area contributed by atoms with Gasteiger partial charge in [-0.15, -0.1) is 0 Å². The van der Waals surface area contributed by atoms with Crippen LogP contribution in [0.4, 0.5) is 20.2 Å². The molecule has 0 radical (unpaired) electrons. The molecule has 8 heteroatoms. The molecule has 1 amide bonds. The number of hydrogen-bond acceptors (Lipinski definition) is 3. The molecule has 30 heavy (non-hydrogen) atoms. The first-order chi connectivity index (χ1) is 14.1. The molecule has 3 aromatic rings. The maximum Gasteiger partial charge on any atom is 0.261 e. The zero-order valence-electron chi connectivity index (χ0n) is 16.6. The molecule has 0 saturated carbocycles. The Morgan fingerprint density at radius 2 is 1.43 bits per heavy atom. The highest BCUT2D eigenvalue weighted by molar-refractivity contribution is 7.92. The van der Waals surface area contributed by atoms with Crippen LogP contribution in [-0.4, -0.2) is 14.3 Å². The van der Waals surface area contributed by atoms with Gasteiger partial charge in [-0.05, 0) is 74.4 Å². The Morgan fingerprint density at radius 1 is 0.833 bits per heavy atom. The lowest BCUT2D eigenvalue weighted by atomic mass is 10.0. The van der Waals surface area contributed by atoms with Crippen LogP contribution in [0.5, 0.6) is 0 Å². The van der Waals surface area contributed by atoms with Gasteiger partial charge in [-0.25, -0.2) is 17.2 Å². The van der Waals surface area contributed by atoms with Crippen molar-refractivity contribution in [3.63, 3.8) is 0 Å². The van der Waals surface area contributed by atoms with Gasteiger partial charge in [0.15, 0.2) is 11.6 Å². The lowest BCUT2D eigenvalue weighted by Gasteiger charge is -2.13. The molecule has 0 aliphatic heterocycles. The maximum atomic E-state index is 13.3. The standard InChI is InChI=1S/C22H20F2N2O3S/c1-13-10-14(2)21(15(3)11-13)25-22(27)16-4-6-17(7-5-16)26-30(28,29)18-8-9-19(23)20(24)12-18/h4-12,26H,1-3H3,(H,25,27). The van der Waals surface area contributed by atoms with E-state index in [9.17, 15) is 22.0 Å². The largest absolute Gasteiger partial charge is 0.322 e. The van der Waals surface area contributed by atoms with Crippen molar-refractivity contribution in [1.82, 2.24) is 0 Å². The summed E-state index contributed by atoms with van der Waals surface area (Å²) in [6.45, 7) is 5.79. The molecule has 0 atom stereocenters. The molecule has 2 N–H and O–H groups in total. The predicted octanol–water partition coefficient (Wildman–Crippen LogP) is 4.94. The molecule has 0 spiro atoms. The molecule has 3 rings (SSSR count). The van der Waals surface area contributed by atoms with Gasteiger partial charge < -0.3 is 5.32 Å². The number of nitrogens with one attached hydrogen (secondary N) is 2. The number of amides is 1. The van der Waals surface area contributed by atoms with Crippen LogP contribution in [-0.2, 0) is 10.0 Å². The van der Waals surface area contributed by atoms with E-state index in [0.29, 0.717) is 11.6 Å². The molecule has 3 aromatic carbocycles. The van der Waals surface area contributed by atoms with E-state index >= 15 is 0 Å². The minimum Gasteiger partial charge on any atom is -0.322 e. The van der Waals surface area contributed by atoms with E-state index in [1.807, 2.05) is 32.9 Å². The predicted molar refractivity (Wildman–Crippen MR) is 112 cm³/mol. The number of aryl methyl sites for hydroxylation is 3. The van der Waals surface area contributed by atoms with Gasteiger partial charge in [0.2, 0.25) is 0 Å². The van der Waals surface area contributed by atoms with E-state index in [1.54, 1.807) is 0 Å². The first kappa shape index (κ1) is 21.4. The van der Waals surface area contributed by atoms with Crippen molar-refractivity contribution in [2.75, 3.05) is 10.0 Å². The van der Waals surface area contributed by atoms with Crippen molar-refractivity contribution in [1.29, 1.82) is 0 Å². The first-order valence-electron chi connectivity index (χ1n) is 9.04. The molecule has 0 aliphatic rings. The second-order valence-electron chi connectivity index (χ2n) is 6.99. The smallest absolute Gasteiger partial charge is 0.261 e. The van der Waals surface area contributed by atoms with E-state index in [1.165, 1.54) is 24.3 Å². The zero-order chi connectivity index (χ0) is 22.1. The average Bonchev–Trinajstić information content (AvgIpc) is 2.66.